The van der Waals surface area contributed by atoms with E-state index in [4.69, 9.17) is 14.2 Å². The number of amides is 1. The number of nitrogens with zero attached hydrogens (tertiary/aromatic N) is 1. The fourth-order valence-corrected chi connectivity index (χ4v) is 2.36. The Labute approximate surface area is 138 Å². The number of hydrogen-bond donors (Lipinski definition) is 0. The van der Waals surface area contributed by atoms with Gasteiger partial charge in [0, 0.05) is 6.04 Å². The molecule has 0 spiro atoms. The Morgan fingerprint density at radius 2 is 2.00 bits per heavy atom. The molecule has 1 fully saturated rings. The standard InChI is InChI=1S/C18H27NO4/c1-14-10-11-21-16(22-13-15-8-6-5-7-9-15)12-19(14)17(20)23-18(2,3)4/h5-9,14,16H,10-13H2,1-4H3. The smallest absolute Gasteiger partial charge is 0.410 e. The first-order chi connectivity index (χ1) is 10.8. The van der Waals surface area contributed by atoms with Crippen molar-refractivity contribution in [1.82, 2.24) is 4.90 Å². The van der Waals surface area contributed by atoms with Gasteiger partial charge in [-0.1, -0.05) is 30.3 Å². The highest BCUT2D eigenvalue weighted by Gasteiger charge is 2.31. The quantitative estimate of drug-likeness (QED) is 0.854. The Balaban J connectivity index is 1.95. The molecule has 23 heavy (non-hydrogen) atoms. The first kappa shape index (κ1) is 17.8. The van der Waals surface area contributed by atoms with Crippen LogP contribution in [-0.2, 0) is 20.8 Å². The minimum Gasteiger partial charge on any atom is -0.444 e. The van der Waals surface area contributed by atoms with Crippen molar-refractivity contribution in [2.45, 2.75) is 58.7 Å². The minimum atomic E-state index is -0.510. The Kier molecular flexibility index (Phi) is 6.02. The van der Waals surface area contributed by atoms with Crippen LogP contribution >= 0.6 is 0 Å². The monoisotopic (exact) mass is 321 g/mol. The lowest BCUT2D eigenvalue weighted by Crippen LogP contribution is -2.45. The van der Waals surface area contributed by atoms with Crippen LogP contribution in [0.25, 0.3) is 0 Å². The number of carbonyl (C=O) groups excluding carboxylic acids is 1. The van der Waals surface area contributed by atoms with Crippen LogP contribution in [0.4, 0.5) is 4.79 Å². The Bertz CT molecular complexity index is 497. The molecule has 0 bridgehead atoms. The molecule has 2 atom stereocenters. The van der Waals surface area contributed by atoms with Crippen molar-refractivity contribution in [1.29, 1.82) is 0 Å². The Morgan fingerprint density at radius 3 is 2.65 bits per heavy atom. The molecular weight excluding hydrogens is 294 g/mol. The van der Waals surface area contributed by atoms with E-state index in [0.717, 1.165) is 12.0 Å². The highest BCUT2D eigenvalue weighted by molar-refractivity contribution is 5.68. The van der Waals surface area contributed by atoms with Crippen molar-refractivity contribution in [3.8, 4) is 0 Å². The van der Waals surface area contributed by atoms with Gasteiger partial charge < -0.3 is 19.1 Å². The number of carbonyl (C=O) groups is 1. The molecule has 0 saturated carbocycles. The molecule has 1 heterocycles. The third-order valence-corrected chi connectivity index (χ3v) is 3.62. The third-order valence-electron chi connectivity index (χ3n) is 3.62. The van der Waals surface area contributed by atoms with Gasteiger partial charge in [0.1, 0.15) is 5.60 Å². The molecule has 1 aliphatic rings. The first-order valence-corrected chi connectivity index (χ1v) is 8.12. The van der Waals surface area contributed by atoms with Crippen LogP contribution in [0.5, 0.6) is 0 Å². The molecule has 5 heteroatoms. The second kappa shape index (κ2) is 7.79. The predicted molar refractivity (Wildman–Crippen MR) is 88.0 cm³/mol. The van der Waals surface area contributed by atoms with Gasteiger partial charge in [0.05, 0.1) is 19.8 Å². The van der Waals surface area contributed by atoms with E-state index < -0.39 is 11.9 Å². The van der Waals surface area contributed by atoms with E-state index in [9.17, 15) is 4.79 Å². The summed E-state index contributed by atoms with van der Waals surface area (Å²) in [5.74, 6) is 0. The predicted octanol–water partition coefficient (Wildman–Crippen LogP) is 3.58. The maximum atomic E-state index is 12.4. The van der Waals surface area contributed by atoms with Gasteiger partial charge >= 0.3 is 6.09 Å². The zero-order chi connectivity index (χ0) is 16.9. The topological polar surface area (TPSA) is 48.0 Å². The third kappa shape index (κ3) is 5.84. The summed E-state index contributed by atoms with van der Waals surface area (Å²) in [5.41, 5.74) is 0.571. The van der Waals surface area contributed by atoms with E-state index >= 15 is 0 Å². The Hall–Kier alpha value is -1.59. The van der Waals surface area contributed by atoms with Gasteiger partial charge in [0.2, 0.25) is 0 Å². The summed E-state index contributed by atoms with van der Waals surface area (Å²) in [6, 6.07) is 9.99. The maximum absolute atomic E-state index is 12.4. The number of hydrogen-bond acceptors (Lipinski definition) is 4. The van der Waals surface area contributed by atoms with E-state index in [-0.39, 0.29) is 12.1 Å². The highest BCUT2D eigenvalue weighted by atomic mass is 16.7. The van der Waals surface area contributed by atoms with Crippen molar-refractivity contribution < 1.29 is 19.0 Å². The molecule has 1 aliphatic heterocycles. The summed E-state index contributed by atoms with van der Waals surface area (Å²) in [4.78, 5) is 14.1. The van der Waals surface area contributed by atoms with Crippen molar-refractivity contribution in [3.05, 3.63) is 35.9 Å². The molecule has 0 radical (unpaired) electrons. The SMILES string of the molecule is CC1CCOC(OCc2ccccc2)CN1C(=O)OC(C)(C)C. The number of benzene rings is 1. The van der Waals surface area contributed by atoms with Gasteiger partial charge in [0.25, 0.3) is 0 Å². The molecular formula is C18H27NO4. The van der Waals surface area contributed by atoms with Gasteiger partial charge in [-0.05, 0) is 39.7 Å². The summed E-state index contributed by atoms with van der Waals surface area (Å²) in [5, 5.41) is 0. The van der Waals surface area contributed by atoms with Crippen LogP contribution < -0.4 is 0 Å². The molecule has 1 aromatic rings. The average molecular weight is 321 g/mol. The van der Waals surface area contributed by atoms with Gasteiger partial charge in [-0.15, -0.1) is 0 Å². The fraction of sp³-hybridized carbons (Fsp3) is 0.611. The average Bonchev–Trinajstić information content (AvgIpc) is 2.66. The Morgan fingerprint density at radius 1 is 1.30 bits per heavy atom. The van der Waals surface area contributed by atoms with Crippen molar-refractivity contribution in [3.63, 3.8) is 0 Å². The highest BCUT2D eigenvalue weighted by Crippen LogP contribution is 2.18. The van der Waals surface area contributed by atoms with Gasteiger partial charge in [-0.25, -0.2) is 4.79 Å². The number of rotatable bonds is 3. The molecule has 0 N–H and O–H groups in total. The minimum absolute atomic E-state index is 0.0650. The van der Waals surface area contributed by atoms with Crippen LogP contribution in [0.15, 0.2) is 30.3 Å². The van der Waals surface area contributed by atoms with Crippen molar-refractivity contribution >= 4 is 6.09 Å². The second-order valence-electron chi connectivity index (χ2n) is 6.87. The molecule has 2 rings (SSSR count). The molecule has 1 saturated heterocycles. The number of ether oxygens (including phenoxy) is 3. The molecule has 0 aliphatic carbocycles. The summed E-state index contributed by atoms with van der Waals surface area (Å²) in [7, 11) is 0. The van der Waals surface area contributed by atoms with Crippen LogP contribution in [0.1, 0.15) is 39.7 Å². The normalized spacial score (nSPS) is 22.5. The molecule has 1 aromatic carbocycles. The lowest BCUT2D eigenvalue weighted by atomic mass is 10.2. The van der Waals surface area contributed by atoms with Crippen LogP contribution in [0, 0.1) is 0 Å². The zero-order valence-electron chi connectivity index (χ0n) is 14.5. The van der Waals surface area contributed by atoms with E-state index in [1.807, 2.05) is 58.0 Å². The van der Waals surface area contributed by atoms with Gasteiger partial charge in [-0.3, -0.25) is 0 Å². The largest absolute Gasteiger partial charge is 0.444 e. The van der Waals surface area contributed by atoms with Gasteiger partial charge in [-0.2, -0.15) is 0 Å². The van der Waals surface area contributed by atoms with E-state index in [1.54, 1.807) is 4.90 Å². The summed E-state index contributed by atoms with van der Waals surface area (Å²) < 4.78 is 17.1. The van der Waals surface area contributed by atoms with Crippen molar-refractivity contribution in [2.24, 2.45) is 0 Å². The van der Waals surface area contributed by atoms with Gasteiger partial charge in [0.15, 0.2) is 6.29 Å². The zero-order valence-corrected chi connectivity index (χ0v) is 14.5. The molecule has 0 aromatic heterocycles. The van der Waals surface area contributed by atoms with Crippen LogP contribution in [-0.4, -0.2) is 42.1 Å². The molecule has 5 nitrogen and oxygen atoms in total. The lowest BCUT2D eigenvalue weighted by Gasteiger charge is -2.31. The summed E-state index contributed by atoms with van der Waals surface area (Å²) in [6.07, 6.45) is 0.0150. The van der Waals surface area contributed by atoms with E-state index in [0.29, 0.717) is 19.8 Å². The van der Waals surface area contributed by atoms with Crippen LogP contribution in [0.2, 0.25) is 0 Å². The summed E-state index contributed by atoms with van der Waals surface area (Å²) >= 11 is 0. The van der Waals surface area contributed by atoms with Crippen LogP contribution in [0.3, 0.4) is 0 Å². The second-order valence-corrected chi connectivity index (χ2v) is 6.87. The summed E-state index contributed by atoms with van der Waals surface area (Å²) in [6.45, 7) is 9.02. The van der Waals surface area contributed by atoms with E-state index in [1.165, 1.54) is 0 Å². The maximum Gasteiger partial charge on any atom is 0.410 e. The molecule has 1 amide bonds. The first-order valence-electron chi connectivity index (χ1n) is 8.12. The molecule has 2 unspecified atom stereocenters. The molecule has 128 valence electrons. The fourth-order valence-electron chi connectivity index (χ4n) is 2.36. The van der Waals surface area contributed by atoms with Crippen molar-refractivity contribution in [2.75, 3.05) is 13.2 Å². The lowest BCUT2D eigenvalue weighted by molar-refractivity contribution is -0.148. The van der Waals surface area contributed by atoms with E-state index in [2.05, 4.69) is 0 Å².